The maximum atomic E-state index is 10.5. The Bertz CT molecular complexity index is 199. The molecule has 0 saturated carbocycles. The van der Waals surface area contributed by atoms with Crippen LogP contribution >= 0.6 is 10.7 Å². The normalized spacial score (nSPS) is 12.3. The van der Waals surface area contributed by atoms with E-state index in [2.05, 4.69) is 18.7 Å². The van der Waals surface area contributed by atoms with Gasteiger partial charge >= 0.3 is 0 Å². The number of nitrogens with zero attached hydrogens (tertiary/aromatic N) is 1. The molecule has 0 atom stereocenters. The molecular formula is C7H16ClNO2S. The lowest BCUT2D eigenvalue weighted by molar-refractivity contribution is 0.305. The summed E-state index contributed by atoms with van der Waals surface area (Å²) in [5.41, 5.74) is 0. The van der Waals surface area contributed by atoms with Crippen molar-refractivity contribution >= 4 is 19.7 Å². The van der Waals surface area contributed by atoms with E-state index in [-0.39, 0.29) is 5.75 Å². The van der Waals surface area contributed by atoms with E-state index in [0.717, 1.165) is 19.6 Å². The summed E-state index contributed by atoms with van der Waals surface area (Å²) in [6, 6.07) is 0. The van der Waals surface area contributed by atoms with Gasteiger partial charge in [-0.3, -0.25) is 0 Å². The quantitative estimate of drug-likeness (QED) is 0.624. The molecular weight excluding hydrogens is 198 g/mol. The summed E-state index contributed by atoms with van der Waals surface area (Å²) in [6.07, 6.45) is 0.619. The van der Waals surface area contributed by atoms with E-state index in [1.165, 1.54) is 0 Å². The predicted molar refractivity (Wildman–Crippen MR) is 52.0 cm³/mol. The van der Waals surface area contributed by atoms with Crippen molar-refractivity contribution in [2.75, 3.05) is 25.4 Å². The molecule has 0 unspecified atom stereocenters. The molecule has 0 rings (SSSR count). The molecule has 5 heteroatoms. The highest BCUT2D eigenvalue weighted by molar-refractivity contribution is 8.13. The van der Waals surface area contributed by atoms with E-state index >= 15 is 0 Å². The van der Waals surface area contributed by atoms with Crippen molar-refractivity contribution in [3.63, 3.8) is 0 Å². The summed E-state index contributed by atoms with van der Waals surface area (Å²) in [5.74, 6) is 0.0745. The van der Waals surface area contributed by atoms with Crippen molar-refractivity contribution in [2.24, 2.45) is 0 Å². The minimum atomic E-state index is -3.29. The third-order valence-electron chi connectivity index (χ3n) is 1.76. The first-order valence-electron chi connectivity index (χ1n) is 4.14. The largest absolute Gasteiger partial charge is 0.304 e. The zero-order valence-electron chi connectivity index (χ0n) is 7.59. The monoisotopic (exact) mass is 213 g/mol. The molecule has 0 aromatic carbocycles. The Labute approximate surface area is 79.1 Å². The van der Waals surface area contributed by atoms with Crippen molar-refractivity contribution in [3.8, 4) is 0 Å². The Kier molecular flexibility index (Phi) is 5.88. The van der Waals surface area contributed by atoms with Gasteiger partial charge in [-0.15, -0.1) is 0 Å². The third kappa shape index (κ3) is 6.88. The molecule has 0 heterocycles. The fourth-order valence-electron chi connectivity index (χ4n) is 1.00. The van der Waals surface area contributed by atoms with Crippen LogP contribution in [0.15, 0.2) is 0 Å². The van der Waals surface area contributed by atoms with Gasteiger partial charge in [0.05, 0.1) is 5.75 Å². The Morgan fingerprint density at radius 3 is 2.08 bits per heavy atom. The first-order valence-corrected chi connectivity index (χ1v) is 6.62. The van der Waals surface area contributed by atoms with Gasteiger partial charge in [-0.1, -0.05) is 13.8 Å². The van der Waals surface area contributed by atoms with Crippen molar-refractivity contribution in [3.05, 3.63) is 0 Å². The smallest absolute Gasteiger partial charge is 0.232 e. The molecule has 0 fully saturated rings. The van der Waals surface area contributed by atoms with Crippen LogP contribution in [0.25, 0.3) is 0 Å². The molecule has 12 heavy (non-hydrogen) atoms. The lowest BCUT2D eigenvalue weighted by Gasteiger charge is -2.16. The van der Waals surface area contributed by atoms with E-state index in [1.807, 2.05) is 0 Å². The second kappa shape index (κ2) is 5.78. The lowest BCUT2D eigenvalue weighted by Crippen LogP contribution is -2.25. The van der Waals surface area contributed by atoms with Crippen LogP contribution in [0.5, 0.6) is 0 Å². The second-order valence-corrected chi connectivity index (χ2v) is 5.52. The minimum Gasteiger partial charge on any atom is -0.304 e. The average molecular weight is 214 g/mol. The third-order valence-corrected chi connectivity index (χ3v) is 3.00. The SMILES string of the molecule is CCN(CC)CCCS(=O)(=O)Cl. The van der Waals surface area contributed by atoms with Gasteiger partial charge in [0.15, 0.2) is 0 Å². The van der Waals surface area contributed by atoms with Crippen LogP contribution in [0.1, 0.15) is 20.3 Å². The van der Waals surface area contributed by atoms with Gasteiger partial charge < -0.3 is 4.90 Å². The highest BCUT2D eigenvalue weighted by Gasteiger charge is 2.05. The first-order chi connectivity index (χ1) is 5.49. The molecule has 0 bridgehead atoms. The van der Waals surface area contributed by atoms with Crippen LogP contribution in [0.2, 0.25) is 0 Å². The molecule has 74 valence electrons. The number of rotatable bonds is 6. The highest BCUT2D eigenvalue weighted by Crippen LogP contribution is 2.00. The van der Waals surface area contributed by atoms with Crippen LogP contribution in [-0.4, -0.2) is 38.7 Å². The van der Waals surface area contributed by atoms with Crippen LogP contribution in [0.4, 0.5) is 0 Å². The summed E-state index contributed by atoms with van der Waals surface area (Å²) in [6.45, 7) is 6.83. The Balaban J connectivity index is 3.55. The molecule has 0 aromatic heterocycles. The average Bonchev–Trinajstić information content (AvgIpc) is 1.96. The molecule has 0 aliphatic heterocycles. The van der Waals surface area contributed by atoms with Crippen molar-refractivity contribution in [1.82, 2.24) is 4.90 Å². The van der Waals surface area contributed by atoms with E-state index in [1.54, 1.807) is 0 Å². The summed E-state index contributed by atoms with van der Waals surface area (Å²) in [7, 11) is 1.77. The van der Waals surface area contributed by atoms with Gasteiger partial charge in [-0.25, -0.2) is 8.42 Å². The van der Waals surface area contributed by atoms with Gasteiger partial charge in [-0.2, -0.15) is 0 Å². The standard InChI is InChI=1S/C7H16ClNO2S/c1-3-9(4-2)6-5-7-12(8,10)11/h3-7H2,1-2H3. The van der Waals surface area contributed by atoms with Crippen LogP contribution < -0.4 is 0 Å². The number of hydrogen-bond acceptors (Lipinski definition) is 3. The van der Waals surface area contributed by atoms with E-state index in [4.69, 9.17) is 10.7 Å². The number of hydrogen-bond donors (Lipinski definition) is 0. The molecule has 0 radical (unpaired) electrons. The van der Waals surface area contributed by atoms with Gasteiger partial charge in [-0.05, 0) is 26.1 Å². The van der Waals surface area contributed by atoms with Crippen molar-refractivity contribution in [2.45, 2.75) is 20.3 Å². The van der Waals surface area contributed by atoms with Crippen molar-refractivity contribution in [1.29, 1.82) is 0 Å². The van der Waals surface area contributed by atoms with Gasteiger partial charge in [0.25, 0.3) is 0 Å². The van der Waals surface area contributed by atoms with E-state index in [9.17, 15) is 8.42 Å². The maximum Gasteiger partial charge on any atom is 0.232 e. The topological polar surface area (TPSA) is 37.4 Å². The van der Waals surface area contributed by atoms with Crippen LogP contribution in [0, 0.1) is 0 Å². The second-order valence-electron chi connectivity index (χ2n) is 2.62. The first kappa shape index (κ1) is 12.2. The minimum absolute atomic E-state index is 0.0745. The summed E-state index contributed by atoms with van der Waals surface area (Å²) in [4.78, 5) is 2.17. The Morgan fingerprint density at radius 1 is 1.25 bits per heavy atom. The molecule has 0 aromatic rings. The number of halogens is 1. The van der Waals surface area contributed by atoms with Gasteiger partial charge in [0, 0.05) is 10.7 Å². The van der Waals surface area contributed by atoms with E-state index < -0.39 is 9.05 Å². The lowest BCUT2D eigenvalue weighted by atomic mass is 10.4. The fourth-order valence-corrected chi connectivity index (χ4v) is 1.80. The molecule has 0 amide bonds. The van der Waals surface area contributed by atoms with Gasteiger partial charge in [0.1, 0.15) is 0 Å². The van der Waals surface area contributed by atoms with E-state index in [0.29, 0.717) is 6.42 Å². The highest BCUT2D eigenvalue weighted by atomic mass is 35.7. The maximum absolute atomic E-state index is 10.5. The molecule has 0 aliphatic rings. The zero-order valence-corrected chi connectivity index (χ0v) is 9.16. The summed E-state index contributed by atoms with van der Waals surface area (Å²) in [5, 5.41) is 0. The Hall–Kier alpha value is 0.200. The molecule has 0 aliphatic carbocycles. The fraction of sp³-hybridized carbons (Fsp3) is 1.00. The predicted octanol–water partition coefficient (Wildman–Crippen LogP) is 1.29. The van der Waals surface area contributed by atoms with Crippen molar-refractivity contribution < 1.29 is 8.42 Å². The Morgan fingerprint density at radius 2 is 1.75 bits per heavy atom. The molecule has 0 spiro atoms. The van der Waals surface area contributed by atoms with Gasteiger partial charge in [0.2, 0.25) is 9.05 Å². The van der Waals surface area contributed by atoms with Crippen LogP contribution in [0.3, 0.4) is 0 Å². The molecule has 0 N–H and O–H groups in total. The zero-order chi connectivity index (χ0) is 9.61. The summed E-state index contributed by atoms with van der Waals surface area (Å²) < 4.78 is 21.1. The molecule has 3 nitrogen and oxygen atoms in total. The molecule has 0 saturated heterocycles. The summed E-state index contributed by atoms with van der Waals surface area (Å²) >= 11 is 0. The van der Waals surface area contributed by atoms with Crippen LogP contribution in [-0.2, 0) is 9.05 Å².